The maximum atomic E-state index is 6.43. The number of hydrogen-bond donors (Lipinski definition) is 1. The standard InChI is InChI=1S/C17H24Cl2N2/c1-12(15-6-4-7-16(18)17(15)19)21(14-8-9-14)11-13-5-2-3-10-20-13/h4,6-7,12-14,20H,2-3,5,8-11H2,1H3. The maximum absolute atomic E-state index is 6.43. The average molecular weight is 327 g/mol. The molecule has 0 spiro atoms. The fourth-order valence-electron chi connectivity index (χ4n) is 3.39. The lowest BCUT2D eigenvalue weighted by molar-refractivity contribution is 0.167. The summed E-state index contributed by atoms with van der Waals surface area (Å²) in [4.78, 5) is 2.63. The summed E-state index contributed by atoms with van der Waals surface area (Å²) in [5.41, 5.74) is 1.16. The van der Waals surface area contributed by atoms with Gasteiger partial charge in [-0.3, -0.25) is 4.90 Å². The van der Waals surface area contributed by atoms with Crippen molar-refractivity contribution in [2.24, 2.45) is 0 Å². The van der Waals surface area contributed by atoms with Gasteiger partial charge in [0.15, 0.2) is 0 Å². The van der Waals surface area contributed by atoms with Gasteiger partial charge in [-0.1, -0.05) is 41.8 Å². The third-order valence-electron chi connectivity index (χ3n) is 4.79. The molecule has 2 nitrogen and oxygen atoms in total. The fourth-order valence-corrected chi connectivity index (χ4v) is 3.85. The zero-order valence-electron chi connectivity index (χ0n) is 12.6. The van der Waals surface area contributed by atoms with Gasteiger partial charge in [0.2, 0.25) is 0 Å². The highest BCUT2D eigenvalue weighted by Crippen LogP contribution is 2.38. The van der Waals surface area contributed by atoms with E-state index in [9.17, 15) is 0 Å². The monoisotopic (exact) mass is 326 g/mol. The quantitative estimate of drug-likeness (QED) is 0.846. The third-order valence-corrected chi connectivity index (χ3v) is 5.62. The summed E-state index contributed by atoms with van der Waals surface area (Å²) in [5, 5.41) is 5.04. The van der Waals surface area contributed by atoms with Gasteiger partial charge < -0.3 is 5.32 Å². The Labute approximate surface area is 137 Å². The number of benzene rings is 1. The highest BCUT2D eigenvalue weighted by molar-refractivity contribution is 6.42. The summed E-state index contributed by atoms with van der Waals surface area (Å²) < 4.78 is 0. The van der Waals surface area contributed by atoms with Crippen LogP contribution in [0.2, 0.25) is 10.0 Å². The second-order valence-corrected chi connectivity index (χ2v) is 7.18. The van der Waals surface area contributed by atoms with Gasteiger partial charge in [0.1, 0.15) is 0 Å². The molecule has 1 N–H and O–H groups in total. The first-order valence-corrected chi connectivity index (χ1v) is 8.85. The van der Waals surface area contributed by atoms with Crippen LogP contribution in [0.3, 0.4) is 0 Å². The predicted octanol–water partition coefficient (Wildman–Crippen LogP) is 4.66. The molecule has 2 unspecified atom stereocenters. The van der Waals surface area contributed by atoms with Crippen molar-refractivity contribution in [3.63, 3.8) is 0 Å². The summed E-state index contributed by atoms with van der Waals surface area (Å²) in [5.74, 6) is 0. The summed E-state index contributed by atoms with van der Waals surface area (Å²) in [7, 11) is 0. The highest BCUT2D eigenvalue weighted by Gasteiger charge is 2.35. The molecule has 21 heavy (non-hydrogen) atoms. The Morgan fingerprint density at radius 2 is 2.05 bits per heavy atom. The Morgan fingerprint density at radius 1 is 1.24 bits per heavy atom. The van der Waals surface area contributed by atoms with Gasteiger partial charge >= 0.3 is 0 Å². The molecular formula is C17H24Cl2N2. The van der Waals surface area contributed by atoms with E-state index >= 15 is 0 Å². The second kappa shape index (κ2) is 6.87. The van der Waals surface area contributed by atoms with Gasteiger partial charge in [0.25, 0.3) is 0 Å². The molecule has 1 saturated heterocycles. The number of nitrogens with one attached hydrogen (secondary N) is 1. The van der Waals surface area contributed by atoms with E-state index in [0.717, 1.165) is 24.7 Å². The largest absolute Gasteiger partial charge is 0.313 e. The van der Waals surface area contributed by atoms with Crippen molar-refractivity contribution in [3.8, 4) is 0 Å². The third kappa shape index (κ3) is 3.73. The van der Waals surface area contributed by atoms with Crippen LogP contribution in [0.4, 0.5) is 0 Å². The van der Waals surface area contributed by atoms with Crippen LogP contribution >= 0.6 is 23.2 Å². The molecule has 1 aromatic rings. The van der Waals surface area contributed by atoms with Crippen molar-refractivity contribution >= 4 is 23.2 Å². The lowest BCUT2D eigenvalue weighted by Gasteiger charge is -2.35. The summed E-state index contributed by atoms with van der Waals surface area (Å²) in [6.45, 7) is 4.54. The van der Waals surface area contributed by atoms with Crippen LogP contribution in [0.15, 0.2) is 18.2 Å². The molecule has 1 aliphatic carbocycles. The molecule has 0 radical (unpaired) electrons. The van der Waals surface area contributed by atoms with Crippen LogP contribution in [0, 0.1) is 0 Å². The zero-order chi connectivity index (χ0) is 14.8. The molecule has 1 aromatic carbocycles. The molecule has 4 heteroatoms. The second-order valence-electron chi connectivity index (χ2n) is 6.39. The zero-order valence-corrected chi connectivity index (χ0v) is 14.1. The molecule has 116 valence electrons. The van der Waals surface area contributed by atoms with E-state index in [1.165, 1.54) is 32.1 Å². The molecule has 0 amide bonds. The van der Waals surface area contributed by atoms with Crippen LogP contribution in [0.1, 0.15) is 50.6 Å². The first-order valence-electron chi connectivity index (χ1n) is 8.10. The Hall–Kier alpha value is -0.280. The molecule has 1 heterocycles. The van der Waals surface area contributed by atoms with Gasteiger partial charge in [-0.05, 0) is 50.8 Å². The van der Waals surface area contributed by atoms with Crippen molar-refractivity contribution in [2.75, 3.05) is 13.1 Å². The van der Waals surface area contributed by atoms with E-state index < -0.39 is 0 Å². The molecule has 1 saturated carbocycles. The maximum Gasteiger partial charge on any atom is 0.0640 e. The van der Waals surface area contributed by atoms with E-state index in [-0.39, 0.29) is 0 Å². The van der Waals surface area contributed by atoms with Crippen LogP contribution in [0.25, 0.3) is 0 Å². The van der Waals surface area contributed by atoms with Crippen molar-refractivity contribution < 1.29 is 0 Å². The van der Waals surface area contributed by atoms with E-state index in [0.29, 0.717) is 22.1 Å². The lowest BCUT2D eigenvalue weighted by Crippen LogP contribution is -2.45. The normalized spacial score (nSPS) is 24.3. The first-order chi connectivity index (χ1) is 10.2. The number of nitrogens with zero attached hydrogens (tertiary/aromatic N) is 1. The van der Waals surface area contributed by atoms with Crippen LogP contribution < -0.4 is 5.32 Å². The molecule has 1 aliphatic heterocycles. The summed E-state index contributed by atoms with van der Waals surface area (Å²) >= 11 is 12.6. The number of halogens is 2. The topological polar surface area (TPSA) is 15.3 Å². The predicted molar refractivity (Wildman–Crippen MR) is 90.2 cm³/mol. The Kier molecular flexibility index (Phi) is 5.11. The SMILES string of the molecule is CC(c1cccc(Cl)c1Cl)N(CC1CCCCN1)C1CC1. The first kappa shape index (κ1) is 15.6. The van der Waals surface area contributed by atoms with Crippen molar-refractivity contribution in [2.45, 2.75) is 57.2 Å². The highest BCUT2D eigenvalue weighted by atomic mass is 35.5. The Morgan fingerprint density at radius 3 is 2.71 bits per heavy atom. The molecule has 0 bridgehead atoms. The fraction of sp³-hybridized carbons (Fsp3) is 0.647. The number of rotatable bonds is 5. The summed E-state index contributed by atoms with van der Waals surface area (Å²) in [6.07, 6.45) is 6.59. The van der Waals surface area contributed by atoms with Crippen LogP contribution in [-0.2, 0) is 0 Å². The molecule has 2 fully saturated rings. The van der Waals surface area contributed by atoms with E-state index in [2.05, 4.69) is 23.2 Å². The van der Waals surface area contributed by atoms with E-state index in [1.54, 1.807) is 0 Å². The molecule has 2 aliphatic rings. The molecule has 3 rings (SSSR count). The smallest absolute Gasteiger partial charge is 0.0640 e. The van der Waals surface area contributed by atoms with Crippen molar-refractivity contribution in [3.05, 3.63) is 33.8 Å². The Bertz CT molecular complexity index is 482. The minimum absolute atomic E-state index is 0.326. The minimum Gasteiger partial charge on any atom is -0.313 e. The van der Waals surface area contributed by atoms with E-state index in [1.807, 2.05) is 12.1 Å². The minimum atomic E-state index is 0.326. The lowest BCUT2D eigenvalue weighted by atomic mass is 10.0. The van der Waals surface area contributed by atoms with E-state index in [4.69, 9.17) is 23.2 Å². The molecule has 0 aromatic heterocycles. The van der Waals surface area contributed by atoms with Gasteiger partial charge in [-0.25, -0.2) is 0 Å². The average Bonchev–Trinajstić information content (AvgIpc) is 3.33. The van der Waals surface area contributed by atoms with Gasteiger partial charge in [0, 0.05) is 24.7 Å². The van der Waals surface area contributed by atoms with Crippen molar-refractivity contribution in [1.29, 1.82) is 0 Å². The van der Waals surface area contributed by atoms with Gasteiger partial charge in [-0.2, -0.15) is 0 Å². The molecule has 2 atom stereocenters. The van der Waals surface area contributed by atoms with Crippen molar-refractivity contribution in [1.82, 2.24) is 10.2 Å². The van der Waals surface area contributed by atoms with Crippen LogP contribution in [-0.4, -0.2) is 30.1 Å². The Balaban J connectivity index is 1.75. The van der Waals surface area contributed by atoms with Gasteiger partial charge in [0.05, 0.1) is 10.0 Å². The van der Waals surface area contributed by atoms with Crippen LogP contribution in [0.5, 0.6) is 0 Å². The summed E-state index contributed by atoms with van der Waals surface area (Å²) in [6, 6.07) is 7.66. The molecular weight excluding hydrogens is 303 g/mol. The number of piperidine rings is 1. The number of hydrogen-bond acceptors (Lipinski definition) is 2. The van der Waals surface area contributed by atoms with Gasteiger partial charge in [-0.15, -0.1) is 0 Å².